The van der Waals surface area contributed by atoms with E-state index < -0.39 is 5.54 Å². The third kappa shape index (κ3) is 1.96. The summed E-state index contributed by atoms with van der Waals surface area (Å²) in [5.74, 6) is 0.177. The molecule has 0 atom stereocenters. The Morgan fingerprint density at radius 1 is 1.35 bits per heavy atom. The van der Waals surface area contributed by atoms with E-state index >= 15 is 0 Å². The Kier molecular flexibility index (Phi) is 3.17. The maximum Gasteiger partial charge on any atom is 0.291 e. The largest absolute Gasteiger partial charge is 0.353 e. The Hall–Kier alpha value is -1.96. The first kappa shape index (κ1) is 13.0. The number of hydrogen-bond acceptors (Lipinski definition) is 5. The molecule has 8 heteroatoms. The molecule has 0 aliphatic carbocycles. The van der Waals surface area contributed by atoms with Crippen LogP contribution in [0.2, 0.25) is 0 Å². The number of amides is 2. The molecule has 2 aliphatic heterocycles. The van der Waals surface area contributed by atoms with Gasteiger partial charge >= 0.3 is 0 Å². The van der Waals surface area contributed by atoms with Crippen LogP contribution < -0.4 is 5.32 Å². The summed E-state index contributed by atoms with van der Waals surface area (Å²) in [6, 6.07) is 0. The second-order valence-corrected chi connectivity index (χ2v) is 5.34. The summed E-state index contributed by atoms with van der Waals surface area (Å²) in [6.45, 7) is 2.65. The van der Waals surface area contributed by atoms with Crippen LogP contribution in [0.15, 0.2) is 6.33 Å². The molecule has 8 nitrogen and oxygen atoms in total. The van der Waals surface area contributed by atoms with Crippen molar-refractivity contribution in [3.05, 3.63) is 12.2 Å². The molecule has 0 bridgehead atoms. The van der Waals surface area contributed by atoms with Gasteiger partial charge in [-0.15, -0.1) is 0 Å². The van der Waals surface area contributed by atoms with E-state index in [1.807, 2.05) is 7.05 Å². The van der Waals surface area contributed by atoms with Gasteiger partial charge in [0.25, 0.3) is 5.91 Å². The van der Waals surface area contributed by atoms with Gasteiger partial charge in [0.05, 0.1) is 0 Å². The molecular formula is C12H18N6O2. The summed E-state index contributed by atoms with van der Waals surface area (Å²) in [5, 5.41) is 9.20. The second kappa shape index (κ2) is 4.86. The molecular weight excluding hydrogens is 260 g/mol. The van der Waals surface area contributed by atoms with Crippen molar-refractivity contribution < 1.29 is 9.59 Å². The molecule has 0 saturated carbocycles. The van der Waals surface area contributed by atoms with E-state index in [4.69, 9.17) is 0 Å². The number of hydrogen-bond donors (Lipinski definition) is 2. The van der Waals surface area contributed by atoms with Gasteiger partial charge in [0, 0.05) is 26.2 Å². The van der Waals surface area contributed by atoms with Crippen LogP contribution in [0.25, 0.3) is 0 Å². The highest BCUT2D eigenvalue weighted by Gasteiger charge is 2.47. The van der Waals surface area contributed by atoms with Gasteiger partial charge in [0.2, 0.25) is 11.7 Å². The summed E-state index contributed by atoms with van der Waals surface area (Å²) in [7, 11) is 1.98. The first-order chi connectivity index (χ1) is 9.63. The number of piperidine rings is 1. The number of piperazine rings is 1. The Labute approximate surface area is 116 Å². The summed E-state index contributed by atoms with van der Waals surface area (Å²) < 4.78 is 0. The van der Waals surface area contributed by atoms with Crippen molar-refractivity contribution in [3.8, 4) is 0 Å². The summed E-state index contributed by atoms with van der Waals surface area (Å²) in [5.41, 5.74) is -0.462. The lowest BCUT2D eigenvalue weighted by atomic mass is 9.83. The lowest BCUT2D eigenvalue weighted by Crippen LogP contribution is -2.67. The van der Waals surface area contributed by atoms with E-state index in [1.165, 1.54) is 6.33 Å². The van der Waals surface area contributed by atoms with Crippen molar-refractivity contribution in [3.63, 3.8) is 0 Å². The molecule has 1 aromatic rings. The van der Waals surface area contributed by atoms with E-state index in [0.717, 1.165) is 6.54 Å². The number of nitrogens with one attached hydrogen (secondary N) is 2. The van der Waals surface area contributed by atoms with E-state index in [0.29, 0.717) is 32.5 Å². The molecule has 3 rings (SSSR count). The molecule has 2 aliphatic rings. The van der Waals surface area contributed by atoms with E-state index in [9.17, 15) is 9.59 Å². The summed E-state index contributed by atoms with van der Waals surface area (Å²) in [6.07, 6.45) is 2.62. The first-order valence-corrected chi connectivity index (χ1v) is 6.78. The first-order valence-electron chi connectivity index (χ1n) is 6.78. The predicted molar refractivity (Wildman–Crippen MR) is 69.9 cm³/mol. The Morgan fingerprint density at radius 2 is 2.10 bits per heavy atom. The quantitative estimate of drug-likeness (QED) is 0.676. The van der Waals surface area contributed by atoms with Crippen molar-refractivity contribution in [1.29, 1.82) is 0 Å². The maximum absolute atomic E-state index is 12.2. The number of aromatic nitrogens is 3. The minimum Gasteiger partial charge on any atom is -0.353 e. The zero-order valence-corrected chi connectivity index (χ0v) is 11.4. The Morgan fingerprint density at radius 3 is 2.70 bits per heavy atom. The second-order valence-electron chi connectivity index (χ2n) is 5.34. The zero-order chi connectivity index (χ0) is 14.2. The lowest BCUT2D eigenvalue weighted by Gasteiger charge is -2.48. The van der Waals surface area contributed by atoms with E-state index in [-0.39, 0.29) is 17.6 Å². The summed E-state index contributed by atoms with van der Waals surface area (Å²) >= 11 is 0. The number of likely N-dealkylation sites (tertiary alicyclic amines) is 1. The van der Waals surface area contributed by atoms with Crippen molar-refractivity contribution in [2.45, 2.75) is 18.4 Å². The van der Waals surface area contributed by atoms with Crippen molar-refractivity contribution in [2.75, 3.05) is 33.2 Å². The number of rotatable bonds is 1. The molecule has 2 saturated heterocycles. The normalized spacial score (nSPS) is 22.9. The highest BCUT2D eigenvalue weighted by atomic mass is 16.2. The monoisotopic (exact) mass is 278 g/mol. The zero-order valence-electron chi connectivity index (χ0n) is 11.4. The smallest absolute Gasteiger partial charge is 0.291 e. The standard InChI is InChI=1S/C12H18N6O2/c1-17-7-4-13-11(20)12(17)2-5-18(6-3-12)10(19)9-14-8-15-16-9/h8H,2-7H2,1H3,(H,13,20)(H,14,15,16). The molecule has 0 radical (unpaired) electrons. The van der Waals surface area contributed by atoms with Gasteiger partial charge in [-0.2, -0.15) is 5.10 Å². The van der Waals surface area contributed by atoms with Crippen LogP contribution >= 0.6 is 0 Å². The predicted octanol–water partition coefficient (Wildman–Crippen LogP) is -1.16. The van der Waals surface area contributed by atoms with E-state index in [1.54, 1.807) is 4.90 Å². The number of H-pyrrole nitrogens is 1. The molecule has 1 spiro atoms. The molecule has 2 N–H and O–H groups in total. The van der Waals surface area contributed by atoms with Crippen LogP contribution in [0.4, 0.5) is 0 Å². The highest BCUT2D eigenvalue weighted by molar-refractivity contribution is 5.91. The molecule has 0 unspecified atom stereocenters. The molecule has 3 heterocycles. The average Bonchev–Trinajstić information content (AvgIpc) is 2.99. The number of carbonyl (C=O) groups is 2. The van der Waals surface area contributed by atoms with Crippen LogP contribution in [0.1, 0.15) is 23.5 Å². The molecule has 20 heavy (non-hydrogen) atoms. The van der Waals surface area contributed by atoms with Crippen LogP contribution in [0.5, 0.6) is 0 Å². The number of nitrogens with zero attached hydrogens (tertiary/aromatic N) is 4. The van der Waals surface area contributed by atoms with Gasteiger partial charge in [-0.3, -0.25) is 19.6 Å². The van der Waals surface area contributed by atoms with Gasteiger partial charge in [0.1, 0.15) is 11.9 Å². The van der Waals surface area contributed by atoms with Crippen molar-refractivity contribution in [2.24, 2.45) is 0 Å². The lowest BCUT2D eigenvalue weighted by molar-refractivity contribution is -0.139. The number of likely N-dealkylation sites (N-methyl/N-ethyl adjacent to an activating group) is 1. The van der Waals surface area contributed by atoms with Crippen LogP contribution in [-0.4, -0.2) is 75.6 Å². The summed E-state index contributed by atoms with van der Waals surface area (Å²) in [4.78, 5) is 32.1. The van der Waals surface area contributed by atoms with Gasteiger partial charge in [-0.1, -0.05) is 0 Å². The molecule has 1 aromatic heterocycles. The van der Waals surface area contributed by atoms with E-state index in [2.05, 4.69) is 25.4 Å². The minimum absolute atomic E-state index is 0.0815. The minimum atomic E-state index is -0.462. The fraction of sp³-hybridized carbons (Fsp3) is 0.667. The van der Waals surface area contributed by atoms with Crippen LogP contribution in [0, 0.1) is 0 Å². The SMILES string of the molecule is CN1CCNC(=O)C12CCN(C(=O)c1ncn[nH]1)CC2. The Balaban J connectivity index is 1.70. The van der Waals surface area contributed by atoms with Crippen LogP contribution in [-0.2, 0) is 4.79 Å². The van der Waals surface area contributed by atoms with Gasteiger partial charge < -0.3 is 10.2 Å². The van der Waals surface area contributed by atoms with Crippen molar-refractivity contribution >= 4 is 11.8 Å². The molecule has 0 aromatic carbocycles. The third-order valence-corrected chi connectivity index (χ3v) is 4.38. The van der Waals surface area contributed by atoms with Crippen molar-refractivity contribution in [1.82, 2.24) is 30.3 Å². The van der Waals surface area contributed by atoms with Crippen LogP contribution in [0.3, 0.4) is 0 Å². The fourth-order valence-electron chi connectivity index (χ4n) is 3.04. The van der Waals surface area contributed by atoms with Gasteiger partial charge in [-0.05, 0) is 19.9 Å². The third-order valence-electron chi connectivity index (χ3n) is 4.38. The molecule has 108 valence electrons. The molecule has 2 fully saturated rings. The maximum atomic E-state index is 12.2. The topological polar surface area (TPSA) is 94.2 Å². The van der Waals surface area contributed by atoms with Gasteiger partial charge in [-0.25, -0.2) is 4.98 Å². The fourth-order valence-corrected chi connectivity index (χ4v) is 3.04. The average molecular weight is 278 g/mol. The highest BCUT2D eigenvalue weighted by Crippen LogP contribution is 2.30. The number of carbonyl (C=O) groups excluding carboxylic acids is 2. The van der Waals surface area contributed by atoms with Gasteiger partial charge in [0.15, 0.2) is 0 Å². The molecule has 2 amide bonds. The number of aromatic amines is 1. The Bertz CT molecular complexity index is 506.